The number of halogens is 1. The highest BCUT2D eigenvalue weighted by atomic mass is 127. The molecule has 1 heterocycles. The standard InChI is InChI=1S/C13H11IN2O3S/c1-19-10-6-8(5-9(14)12(10)17)7-15-16-13(18)11-3-2-4-20-11/h2-7,17H,1H3,(H,16,18)/b15-7-. The molecule has 0 aliphatic rings. The molecule has 0 unspecified atom stereocenters. The van der Waals surface area contributed by atoms with Crippen molar-refractivity contribution in [2.45, 2.75) is 0 Å². The minimum Gasteiger partial charge on any atom is -0.504 e. The van der Waals surface area contributed by atoms with Crippen molar-refractivity contribution < 1.29 is 14.6 Å². The normalized spacial score (nSPS) is 10.7. The lowest BCUT2D eigenvalue weighted by Gasteiger charge is -2.06. The molecule has 0 spiro atoms. The molecule has 2 aromatic rings. The Morgan fingerprint density at radius 3 is 3.00 bits per heavy atom. The first-order valence-electron chi connectivity index (χ1n) is 5.55. The van der Waals surface area contributed by atoms with E-state index in [0.29, 0.717) is 14.2 Å². The third kappa shape index (κ3) is 3.48. The van der Waals surface area contributed by atoms with Gasteiger partial charge in [0.25, 0.3) is 5.91 Å². The summed E-state index contributed by atoms with van der Waals surface area (Å²) in [5.41, 5.74) is 3.16. The third-order valence-electron chi connectivity index (χ3n) is 2.40. The van der Waals surface area contributed by atoms with Gasteiger partial charge >= 0.3 is 0 Å². The predicted octanol–water partition coefficient (Wildman–Crippen LogP) is 2.83. The van der Waals surface area contributed by atoms with Crippen molar-refractivity contribution in [1.29, 1.82) is 0 Å². The molecule has 5 nitrogen and oxygen atoms in total. The Morgan fingerprint density at radius 2 is 2.35 bits per heavy atom. The Labute approximate surface area is 133 Å². The highest BCUT2D eigenvalue weighted by Gasteiger charge is 2.08. The fourth-order valence-electron chi connectivity index (χ4n) is 1.45. The highest BCUT2D eigenvalue weighted by molar-refractivity contribution is 14.1. The Balaban J connectivity index is 2.08. The van der Waals surface area contributed by atoms with Crippen LogP contribution in [-0.4, -0.2) is 24.3 Å². The molecule has 1 amide bonds. The molecular formula is C13H11IN2O3S. The molecule has 0 bridgehead atoms. The van der Waals surface area contributed by atoms with Gasteiger partial charge in [0, 0.05) is 0 Å². The van der Waals surface area contributed by atoms with Crippen LogP contribution in [0.5, 0.6) is 11.5 Å². The first-order chi connectivity index (χ1) is 9.61. The molecule has 7 heteroatoms. The molecule has 0 saturated carbocycles. The number of rotatable bonds is 4. The van der Waals surface area contributed by atoms with Crippen LogP contribution in [0.3, 0.4) is 0 Å². The van der Waals surface area contributed by atoms with Crippen molar-refractivity contribution in [2.24, 2.45) is 5.10 Å². The predicted molar refractivity (Wildman–Crippen MR) is 86.8 cm³/mol. The largest absolute Gasteiger partial charge is 0.504 e. The number of thiophene rings is 1. The molecule has 0 aliphatic heterocycles. The van der Waals surface area contributed by atoms with Crippen molar-refractivity contribution >= 4 is 46.0 Å². The zero-order chi connectivity index (χ0) is 14.5. The number of benzene rings is 1. The number of aromatic hydroxyl groups is 1. The molecule has 104 valence electrons. The van der Waals surface area contributed by atoms with E-state index < -0.39 is 0 Å². The molecule has 1 aromatic heterocycles. The molecule has 20 heavy (non-hydrogen) atoms. The van der Waals surface area contributed by atoms with Crippen molar-refractivity contribution in [3.8, 4) is 11.5 Å². The van der Waals surface area contributed by atoms with Gasteiger partial charge in [0.15, 0.2) is 11.5 Å². The van der Waals surface area contributed by atoms with Crippen LogP contribution < -0.4 is 10.2 Å². The quantitative estimate of drug-likeness (QED) is 0.470. The van der Waals surface area contributed by atoms with E-state index in [4.69, 9.17) is 4.74 Å². The maximum Gasteiger partial charge on any atom is 0.281 e. The lowest BCUT2D eigenvalue weighted by atomic mass is 10.2. The maximum atomic E-state index is 11.7. The zero-order valence-electron chi connectivity index (χ0n) is 10.5. The number of nitrogens with one attached hydrogen (secondary N) is 1. The van der Waals surface area contributed by atoms with Crippen LogP contribution in [0.25, 0.3) is 0 Å². The molecule has 0 aliphatic carbocycles. The first-order valence-corrected chi connectivity index (χ1v) is 7.51. The van der Waals surface area contributed by atoms with Crippen molar-refractivity contribution in [3.63, 3.8) is 0 Å². The second-order valence-electron chi connectivity index (χ2n) is 3.73. The number of hydrazone groups is 1. The third-order valence-corrected chi connectivity index (χ3v) is 4.09. The van der Waals surface area contributed by atoms with Gasteiger partial charge < -0.3 is 9.84 Å². The maximum absolute atomic E-state index is 11.7. The summed E-state index contributed by atoms with van der Waals surface area (Å²) in [6, 6.07) is 6.90. The second-order valence-corrected chi connectivity index (χ2v) is 5.84. The summed E-state index contributed by atoms with van der Waals surface area (Å²) < 4.78 is 5.70. The average Bonchev–Trinajstić information content (AvgIpc) is 2.96. The van der Waals surface area contributed by atoms with E-state index in [-0.39, 0.29) is 11.7 Å². The summed E-state index contributed by atoms with van der Waals surface area (Å²) in [7, 11) is 1.48. The summed E-state index contributed by atoms with van der Waals surface area (Å²) in [6.45, 7) is 0. The molecule has 0 atom stereocenters. The summed E-state index contributed by atoms with van der Waals surface area (Å²) in [6.07, 6.45) is 1.50. The van der Waals surface area contributed by atoms with Gasteiger partial charge in [-0.2, -0.15) is 5.10 Å². The number of phenolic OH excluding ortho intramolecular Hbond substituents is 1. The average molecular weight is 402 g/mol. The van der Waals surface area contributed by atoms with Gasteiger partial charge in [-0.3, -0.25) is 4.79 Å². The van der Waals surface area contributed by atoms with E-state index in [1.165, 1.54) is 24.7 Å². The number of hydrogen-bond acceptors (Lipinski definition) is 5. The number of methoxy groups -OCH3 is 1. The van der Waals surface area contributed by atoms with Crippen molar-refractivity contribution in [1.82, 2.24) is 5.43 Å². The van der Waals surface area contributed by atoms with Gasteiger partial charge in [-0.15, -0.1) is 11.3 Å². The second kappa shape index (κ2) is 6.71. The zero-order valence-corrected chi connectivity index (χ0v) is 13.4. The van der Waals surface area contributed by atoms with Crippen LogP contribution >= 0.6 is 33.9 Å². The Kier molecular flexibility index (Phi) is 4.96. The highest BCUT2D eigenvalue weighted by Crippen LogP contribution is 2.31. The number of ether oxygens (including phenoxy) is 1. The lowest BCUT2D eigenvalue weighted by Crippen LogP contribution is -2.16. The monoisotopic (exact) mass is 402 g/mol. The summed E-state index contributed by atoms with van der Waals surface area (Å²) in [5, 5.41) is 15.4. The van der Waals surface area contributed by atoms with Crippen molar-refractivity contribution in [3.05, 3.63) is 43.7 Å². The van der Waals surface area contributed by atoms with Crippen molar-refractivity contribution in [2.75, 3.05) is 7.11 Å². The smallest absolute Gasteiger partial charge is 0.281 e. The SMILES string of the molecule is COc1cc(/C=N\NC(=O)c2cccs2)cc(I)c1O. The number of nitrogens with zero attached hydrogens (tertiary/aromatic N) is 1. The Morgan fingerprint density at radius 1 is 1.55 bits per heavy atom. The van der Waals surface area contributed by atoms with Gasteiger partial charge in [-0.05, 0) is 51.7 Å². The molecule has 2 N–H and O–H groups in total. The van der Waals surface area contributed by atoms with E-state index in [2.05, 4.69) is 10.5 Å². The number of amides is 1. The first kappa shape index (κ1) is 14.8. The van der Waals surface area contributed by atoms with E-state index in [1.54, 1.807) is 24.3 Å². The van der Waals surface area contributed by atoms with Gasteiger partial charge in [0.1, 0.15) is 0 Å². The fourth-order valence-corrected chi connectivity index (χ4v) is 2.69. The summed E-state index contributed by atoms with van der Waals surface area (Å²) >= 11 is 3.34. The number of hydrogen-bond donors (Lipinski definition) is 2. The van der Waals surface area contributed by atoms with Gasteiger partial charge in [-0.25, -0.2) is 5.43 Å². The summed E-state index contributed by atoms with van der Waals surface area (Å²) in [4.78, 5) is 12.3. The van der Waals surface area contributed by atoms with E-state index >= 15 is 0 Å². The minimum absolute atomic E-state index is 0.0906. The lowest BCUT2D eigenvalue weighted by molar-refractivity contribution is 0.0959. The van der Waals surface area contributed by atoms with Crippen LogP contribution in [-0.2, 0) is 0 Å². The molecule has 0 saturated heterocycles. The van der Waals surface area contributed by atoms with Gasteiger partial charge in [0.05, 0.1) is 21.8 Å². The molecule has 0 fully saturated rings. The van der Waals surface area contributed by atoms with E-state index in [0.717, 1.165) is 5.56 Å². The topological polar surface area (TPSA) is 70.9 Å². The number of phenols is 1. The van der Waals surface area contributed by atoms with Gasteiger partial charge in [-0.1, -0.05) is 6.07 Å². The number of carbonyl (C=O) groups is 1. The van der Waals surface area contributed by atoms with Gasteiger partial charge in [0.2, 0.25) is 0 Å². The molecular weight excluding hydrogens is 391 g/mol. The van der Waals surface area contributed by atoms with Crippen LogP contribution in [0.4, 0.5) is 0 Å². The summed E-state index contributed by atoms with van der Waals surface area (Å²) in [5.74, 6) is 0.201. The fraction of sp³-hybridized carbons (Fsp3) is 0.0769. The Bertz CT molecular complexity index is 641. The van der Waals surface area contributed by atoms with E-state index in [9.17, 15) is 9.90 Å². The van der Waals surface area contributed by atoms with Crippen LogP contribution in [0, 0.1) is 3.57 Å². The molecule has 2 rings (SSSR count). The minimum atomic E-state index is -0.253. The van der Waals surface area contributed by atoms with E-state index in [1.807, 2.05) is 28.0 Å². The molecule has 0 radical (unpaired) electrons. The van der Waals surface area contributed by atoms with Crippen LogP contribution in [0.1, 0.15) is 15.2 Å². The van der Waals surface area contributed by atoms with Crippen LogP contribution in [0.2, 0.25) is 0 Å². The molecule has 1 aromatic carbocycles. The van der Waals surface area contributed by atoms with Crippen LogP contribution in [0.15, 0.2) is 34.7 Å². The number of carbonyl (C=O) groups excluding carboxylic acids is 1. The Hall–Kier alpha value is -1.61.